The fourth-order valence-corrected chi connectivity index (χ4v) is 4.36. The highest BCUT2D eigenvalue weighted by Crippen LogP contribution is 2.41. The van der Waals surface area contributed by atoms with Crippen LogP contribution in [0.5, 0.6) is 5.75 Å². The third-order valence-corrected chi connectivity index (χ3v) is 6.08. The number of alkyl halides is 1. The average molecular weight is 404 g/mol. The van der Waals surface area contributed by atoms with Crippen LogP contribution in [-0.4, -0.2) is 7.11 Å². The topological polar surface area (TPSA) is 9.23 Å². The van der Waals surface area contributed by atoms with Crippen LogP contribution in [-0.2, 0) is 0 Å². The first-order valence-corrected chi connectivity index (χ1v) is 9.30. The number of hydrogen-bond donors (Lipinski definition) is 0. The molecule has 1 fully saturated rings. The Hall–Kier alpha value is -0.0200. The van der Waals surface area contributed by atoms with Gasteiger partial charge in [-0.05, 0) is 37.0 Å². The first-order chi connectivity index (χ1) is 9.61. The molecule has 0 aliphatic heterocycles. The van der Waals surface area contributed by atoms with Gasteiger partial charge in [0, 0.05) is 14.9 Å². The van der Waals surface area contributed by atoms with Gasteiger partial charge in [-0.3, -0.25) is 0 Å². The average Bonchev–Trinajstić information content (AvgIpc) is 2.69. The third kappa shape index (κ3) is 4.24. The fraction of sp³-hybridized carbons (Fsp3) is 0.647. The van der Waals surface area contributed by atoms with Crippen molar-refractivity contribution in [3.8, 4) is 5.75 Å². The number of ether oxygens (including phenoxy) is 1. The van der Waals surface area contributed by atoms with E-state index in [1.54, 1.807) is 7.11 Å². The highest BCUT2D eigenvalue weighted by molar-refractivity contribution is 9.10. The van der Waals surface area contributed by atoms with Crippen LogP contribution in [0.3, 0.4) is 0 Å². The zero-order valence-electron chi connectivity index (χ0n) is 12.4. The van der Waals surface area contributed by atoms with E-state index in [4.69, 9.17) is 4.74 Å². The van der Waals surface area contributed by atoms with Crippen LogP contribution in [0.4, 0.5) is 0 Å². The van der Waals surface area contributed by atoms with Crippen molar-refractivity contribution in [3.63, 3.8) is 0 Å². The maximum atomic E-state index is 5.57. The Morgan fingerprint density at radius 2 is 1.85 bits per heavy atom. The summed E-state index contributed by atoms with van der Waals surface area (Å²) in [7, 11) is 1.76. The van der Waals surface area contributed by atoms with Crippen molar-refractivity contribution >= 4 is 31.9 Å². The van der Waals surface area contributed by atoms with Crippen LogP contribution in [0.25, 0.3) is 0 Å². The van der Waals surface area contributed by atoms with Gasteiger partial charge in [0.15, 0.2) is 0 Å². The summed E-state index contributed by atoms with van der Waals surface area (Å²) in [5.41, 5.74) is 2.49. The molecule has 0 aromatic heterocycles. The maximum Gasteiger partial charge on any atom is 0.123 e. The molecule has 3 heteroatoms. The van der Waals surface area contributed by atoms with Gasteiger partial charge >= 0.3 is 0 Å². The molecule has 0 spiro atoms. The van der Waals surface area contributed by atoms with Crippen LogP contribution < -0.4 is 4.74 Å². The Morgan fingerprint density at radius 1 is 1.20 bits per heavy atom. The minimum Gasteiger partial charge on any atom is -0.496 e. The normalized spacial score (nSPS) is 18.6. The zero-order chi connectivity index (χ0) is 14.5. The minimum atomic E-state index is 0.387. The van der Waals surface area contributed by atoms with Crippen molar-refractivity contribution in [2.45, 2.75) is 56.7 Å². The molecule has 0 amide bonds. The molecule has 1 nitrogen and oxygen atoms in total. The number of halogens is 2. The fourth-order valence-electron chi connectivity index (χ4n) is 3.11. The quantitative estimate of drug-likeness (QED) is 0.408. The Morgan fingerprint density at radius 3 is 2.45 bits per heavy atom. The Kier molecular flexibility index (Phi) is 6.41. The lowest BCUT2D eigenvalue weighted by Gasteiger charge is -2.21. The predicted octanol–water partition coefficient (Wildman–Crippen LogP) is 6.56. The van der Waals surface area contributed by atoms with Crippen LogP contribution in [0.15, 0.2) is 16.6 Å². The van der Waals surface area contributed by atoms with Gasteiger partial charge in [-0.2, -0.15) is 0 Å². The minimum absolute atomic E-state index is 0.387. The number of hydrogen-bond acceptors (Lipinski definition) is 1. The number of benzene rings is 1. The summed E-state index contributed by atoms with van der Waals surface area (Å²) in [5, 5.41) is 0. The van der Waals surface area contributed by atoms with Crippen LogP contribution in [0.2, 0.25) is 0 Å². The largest absolute Gasteiger partial charge is 0.496 e. The Balaban J connectivity index is 2.11. The van der Waals surface area contributed by atoms with Crippen molar-refractivity contribution in [2.75, 3.05) is 7.11 Å². The van der Waals surface area contributed by atoms with E-state index in [0.29, 0.717) is 4.83 Å². The van der Waals surface area contributed by atoms with Crippen molar-refractivity contribution in [2.24, 2.45) is 5.92 Å². The second-order valence-electron chi connectivity index (χ2n) is 5.90. The van der Waals surface area contributed by atoms with Gasteiger partial charge in [0.05, 0.1) is 7.11 Å². The molecule has 1 aliphatic rings. The van der Waals surface area contributed by atoms with Gasteiger partial charge in [0.2, 0.25) is 0 Å². The second-order valence-corrected chi connectivity index (χ2v) is 7.86. The molecule has 1 unspecified atom stereocenters. The molecule has 0 N–H and O–H groups in total. The van der Waals surface area contributed by atoms with Gasteiger partial charge in [-0.25, -0.2) is 0 Å². The van der Waals surface area contributed by atoms with Crippen molar-refractivity contribution < 1.29 is 4.74 Å². The van der Waals surface area contributed by atoms with Crippen molar-refractivity contribution in [1.82, 2.24) is 0 Å². The molecule has 1 aromatic carbocycles. The maximum absolute atomic E-state index is 5.57. The van der Waals surface area contributed by atoms with Gasteiger partial charge in [-0.1, -0.05) is 70.4 Å². The van der Waals surface area contributed by atoms with Gasteiger partial charge in [-0.15, -0.1) is 0 Å². The molecule has 20 heavy (non-hydrogen) atoms. The monoisotopic (exact) mass is 402 g/mol. The molecule has 1 aromatic rings. The lowest BCUT2D eigenvalue weighted by Crippen LogP contribution is -2.05. The highest BCUT2D eigenvalue weighted by Gasteiger charge is 2.20. The summed E-state index contributed by atoms with van der Waals surface area (Å²) in [4.78, 5) is 0.387. The molecule has 1 atom stereocenters. The molecule has 0 bridgehead atoms. The molecule has 1 aliphatic carbocycles. The molecule has 0 radical (unpaired) electrons. The summed E-state index contributed by atoms with van der Waals surface area (Å²) < 4.78 is 6.73. The predicted molar refractivity (Wildman–Crippen MR) is 92.9 cm³/mol. The summed E-state index contributed by atoms with van der Waals surface area (Å²) in [6.07, 6.45) is 9.63. The van der Waals surface area contributed by atoms with E-state index >= 15 is 0 Å². The van der Waals surface area contributed by atoms with Gasteiger partial charge in [0.1, 0.15) is 5.75 Å². The first-order valence-electron chi connectivity index (χ1n) is 7.60. The Labute approximate surface area is 139 Å². The summed E-state index contributed by atoms with van der Waals surface area (Å²) in [6.45, 7) is 2.10. The van der Waals surface area contributed by atoms with Crippen molar-refractivity contribution in [3.05, 3.63) is 27.7 Å². The lowest BCUT2D eigenvalue weighted by atomic mass is 9.92. The molecule has 112 valence electrons. The number of methoxy groups -OCH3 is 1. The summed E-state index contributed by atoms with van der Waals surface area (Å²) in [6, 6.07) is 4.34. The van der Waals surface area contributed by atoms with E-state index in [1.165, 1.54) is 60.5 Å². The highest BCUT2D eigenvalue weighted by atomic mass is 79.9. The summed E-state index contributed by atoms with van der Waals surface area (Å²) >= 11 is 7.54. The third-order valence-electron chi connectivity index (χ3n) is 4.36. The molecule has 2 rings (SSSR count). The second kappa shape index (κ2) is 7.84. The molecular formula is C17H24Br2O. The number of aryl methyl sites for hydroxylation is 1. The van der Waals surface area contributed by atoms with Gasteiger partial charge in [0.25, 0.3) is 0 Å². The van der Waals surface area contributed by atoms with Gasteiger partial charge < -0.3 is 4.74 Å². The molecule has 0 saturated heterocycles. The van der Waals surface area contributed by atoms with E-state index in [2.05, 4.69) is 50.9 Å². The zero-order valence-corrected chi connectivity index (χ0v) is 15.6. The molecule has 0 heterocycles. The van der Waals surface area contributed by atoms with E-state index in [-0.39, 0.29) is 0 Å². The molecular weight excluding hydrogens is 380 g/mol. The smallest absolute Gasteiger partial charge is 0.123 e. The van der Waals surface area contributed by atoms with E-state index < -0.39 is 0 Å². The SMILES string of the molecule is COc1cc(C)c(Br)cc1C(Br)CC1CCCCCC1. The number of rotatable bonds is 4. The van der Waals surface area contributed by atoms with Crippen LogP contribution in [0.1, 0.15) is 60.9 Å². The van der Waals surface area contributed by atoms with E-state index in [0.717, 1.165) is 11.7 Å². The van der Waals surface area contributed by atoms with Crippen molar-refractivity contribution in [1.29, 1.82) is 0 Å². The standard InChI is InChI=1S/C17H24Br2O/c1-12-9-17(20-2)14(11-15(12)18)16(19)10-13-7-5-3-4-6-8-13/h9,11,13,16H,3-8,10H2,1-2H3. The van der Waals surface area contributed by atoms with Crippen LogP contribution in [0, 0.1) is 12.8 Å². The lowest BCUT2D eigenvalue weighted by molar-refractivity contribution is 0.397. The van der Waals surface area contributed by atoms with E-state index in [9.17, 15) is 0 Å². The molecule has 1 saturated carbocycles. The first kappa shape index (κ1) is 16.4. The summed E-state index contributed by atoms with van der Waals surface area (Å²) in [5.74, 6) is 1.85. The van der Waals surface area contributed by atoms with E-state index in [1.807, 2.05) is 0 Å². The van der Waals surface area contributed by atoms with Crippen LogP contribution >= 0.6 is 31.9 Å². The Bertz CT molecular complexity index is 437.